The zero-order chi connectivity index (χ0) is 13.8. The SMILES string of the molecule is CCc1ccc(N(C)c2cc(N)nc(SC)n2)cc1. The molecule has 2 rings (SSSR count). The standard InChI is InChI=1S/C14H18N4S/c1-4-10-5-7-11(8-6-10)18(2)13-9-12(15)16-14(17-13)19-3/h5-9H,4H2,1-3H3,(H2,15,16,17). The maximum Gasteiger partial charge on any atom is 0.191 e. The lowest BCUT2D eigenvalue weighted by Crippen LogP contribution is -2.12. The number of thioether (sulfide) groups is 1. The minimum atomic E-state index is 0.492. The number of anilines is 3. The summed E-state index contributed by atoms with van der Waals surface area (Å²) in [7, 11) is 1.98. The lowest BCUT2D eigenvalue weighted by atomic mass is 10.1. The normalized spacial score (nSPS) is 10.5. The Morgan fingerprint density at radius 2 is 1.89 bits per heavy atom. The highest BCUT2D eigenvalue weighted by molar-refractivity contribution is 7.98. The van der Waals surface area contributed by atoms with E-state index < -0.39 is 0 Å². The molecular formula is C14H18N4S. The second-order valence-electron chi connectivity index (χ2n) is 4.22. The summed E-state index contributed by atoms with van der Waals surface area (Å²) in [5.41, 5.74) is 8.21. The Morgan fingerprint density at radius 3 is 2.47 bits per heavy atom. The van der Waals surface area contributed by atoms with Gasteiger partial charge in [0.2, 0.25) is 0 Å². The van der Waals surface area contributed by atoms with Crippen LogP contribution in [0.5, 0.6) is 0 Å². The topological polar surface area (TPSA) is 55.0 Å². The van der Waals surface area contributed by atoms with Crippen LogP contribution < -0.4 is 10.6 Å². The lowest BCUT2D eigenvalue weighted by Gasteiger charge is -2.19. The summed E-state index contributed by atoms with van der Waals surface area (Å²) in [5, 5.41) is 0.687. The Morgan fingerprint density at radius 1 is 1.21 bits per heavy atom. The van der Waals surface area contributed by atoms with Gasteiger partial charge in [-0.25, -0.2) is 9.97 Å². The van der Waals surface area contributed by atoms with E-state index in [1.165, 1.54) is 17.3 Å². The van der Waals surface area contributed by atoms with Gasteiger partial charge >= 0.3 is 0 Å². The highest BCUT2D eigenvalue weighted by Crippen LogP contribution is 2.25. The molecule has 2 aromatic rings. The van der Waals surface area contributed by atoms with E-state index in [1.54, 1.807) is 6.07 Å². The first-order valence-corrected chi connectivity index (χ1v) is 7.37. The van der Waals surface area contributed by atoms with Gasteiger partial charge in [0.05, 0.1) is 0 Å². The third-order valence-corrected chi connectivity index (χ3v) is 3.52. The van der Waals surface area contributed by atoms with Gasteiger partial charge in [0.1, 0.15) is 11.6 Å². The summed E-state index contributed by atoms with van der Waals surface area (Å²) >= 11 is 1.49. The van der Waals surface area contributed by atoms with Crippen molar-refractivity contribution in [3.8, 4) is 0 Å². The van der Waals surface area contributed by atoms with Crippen LogP contribution in [-0.4, -0.2) is 23.3 Å². The Balaban J connectivity index is 2.31. The van der Waals surface area contributed by atoms with Crippen molar-refractivity contribution in [2.45, 2.75) is 18.5 Å². The first kappa shape index (κ1) is 13.7. The number of rotatable bonds is 4. The Bertz CT molecular complexity index is 554. The van der Waals surface area contributed by atoms with Gasteiger partial charge in [-0.1, -0.05) is 30.8 Å². The van der Waals surface area contributed by atoms with E-state index in [2.05, 4.69) is 41.2 Å². The number of nitrogen functional groups attached to an aromatic ring is 1. The predicted octanol–water partition coefficient (Wildman–Crippen LogP) is 3.11. The molecule has 2 N–H and O–H groups in total. The third kappa shape index (κ3) is 3.17. The van der Waals surface area contributed by atoms with Crippen LogP contribution in [0.3, 0.4) is 0 Å². The highest BCUT2D eigenvalue weighted by Gasteiger charge is 2.08. The highest BCUT2D eigenvalue weighted by atomic mass is 32.2. The fourth-order valence-electron chi connectivity index (χ4n) is 1.78. The molecule has 0 aliphatic carbocycles. The van der Waals surface area contributed by atoms with Gasteiger partial charge in [-0.2, -0.15) is 0 Å². The number of hydrogen-bond donors (Lipinski definition) is 1. The summed E-state index contributed by atoms with van der Waals surface area (Å²) in [6.45, 7) is 2.15. The molecule has 0 fully saturated rings. The van der Waals surface area contributed by atoms with Crippen LogP contribution >= 0.6 is 11.8 Å². The van der Waals surface area contributed by atoms with Crippen molar-refractivity contribution in [3.63, 3.8) is 0 Å². The maximum atomic E-state index is 5.81. The fourth-order valence-corrected chi connectivity index (χ4v) is 2.16. The van der Waals surface area contributed by atoms with Gasteiger partial charge in [-0.3, -0.25) is 0 Å². The molecule has 4 nitrogen and oxygen atoms in total. The number of benzene rings is 1. The molecule has 0 radical (unpaired) electrons. The average Bonchev–Trinajstić information content (AvgIpc) is 2.46. The van der Waals surface area contributed by atoms with Crippen LogP contribution in [0, 0.1) is 0 Å². The summed E-state index contributed by atoms with van der Waals surface area (Å²) in [6, 6.07) is 10.2. The quantitative estimate of drug-likeness (QED) is 0.686. The summed E-state index contributed by atoms with van der Waals surface area (Å²) in [5.74, 6) is 1.30. The third-order valence-electron chi connectivity index (χ3n) is 2.97. The van der Waals surface area contributed by atoms with E-state index >= 15 is 0 Å². The molecule has 0 saturated carbocycles. The molecule has 19 heavy (non-hydrogen) atoms. The van der Waals surface area contributed by atoms with Crippen molar-refractivity contribution in [3.05, 3.63) is 35.9 Å². The zero-order valence-corrected chi connectivity index (χ0v) is 12.2. The van der Waals surface area contributed by atoms with Gasteiger partial charge in [-0.05, 0) is 30.4 Å². The molecule has 0 aliphatic heterocycles. The number of aryl methyl sites for hydroxylation is 1. The molecule has 1 aromatic carbocycles. The predicted molar refractivity (Wildman–Crippen MR) is 82.1 cm³/mol. The molecule has 100 valence electrons. The van der Waals surface area contributed by atoms with Crippen LogP contribution in [-0.2, 0) is 6.42 Å². The molecule has 1 heterocycles. The number of hydrogen-bond acceptors (Lipinski definition) is 5. The van der Waals surface area contributed by atoms with E-state index in [1.807, 2.05) is 18.2 Å². The van der Waals surface area contributed by atoms with Gasteiger partial charge in [-0.15, -0.1) is 0 Å². The smallest absolute Gasteiger partial charge is 0.191 e. The first-order valence-electron chi connectivity index (χ1n) is 6.15. The first-order chi connectivity index (χ1) is 9.13. The van der Waals surface area contributed by atoms with E-state index in [-0.39, 0.29) is 0 Å². The van der Waals surface area contributed by atoms with Crippen molar-refractivity contribution in [1.82, 2.24) is 9.97 Å². The minimum Gasteiger partial charge on any atom is -0.383 e. The summed E-state index contributed by atoms with van der Waals surface area (Å²) in [6.07, 6.45) is 2.98. The Kier molecular flexibility index (Phi) is 4.27. The molecular weight excluding hydrogens is 256 g/mol. The second kappa shape index (κ2) is 5.93. The molecule has 0 atom stereocenters. The largest absolute Gasteiger partial charge is 0.383 e. The van der Waals surface area contributed by atoms with Gasteiger partial charge < -0.3 is 10.6 Å². The number of nitrogens with two attached hydrogens (primary N) is 1. The van der Waals surface area contributed by atoms with Gasteiger partial charge in [0.25, 0.3) is 0 Å². The van der Waals surface area contributed by atoms with Crippen molar-refractivity contribution < 1.29 is 0 Å². The van der Waals surface area contributed by atoms with Crippen molar-refractivity contribution in [2.75, 3.05) is 23.9 Å². The number of nitrogens with zero attached hydrogens (tertiary/aromatic N) is 3. The van der Waals surface area contributed by atoms with Crippen LogP contribution in [0.1, 0.15) is 12.5 Å². The van der Waals surface area contributed by atoms with Crippen molar-refractivity contribution in [1.29, 1.82) is 0 Å². The molecule has 0 unspecified atom stereocenters. The van der Waals surface area contributed by atoms with Crippen LogP contribution in [0.4, 0.5) is 17.3 Å². The minimum absolute atomic E-state index is 0.492. The summed E-state index contributed by atoms with van der Waals surface area (Å²) in [4.78, 5) is 10.6. The van der Waals surface area contributed by atoms with E-state index in [9.17, 15) is 0 Å². The van der Waals surface area contributed by atoms with Gasteiger partial charge in [0, 0.05) is 18.8 Å². The van der Waals surface area contributed by atoms with Crippen LogP contribution in [0.25, 0.3) is 0 Å². The summed E-state index contributed by atoms with van der Waals surface area (Å²) < 4.78 is 0. The zero-order valence-electron chi connectivity index (χ0n) is 11.4. The second-order valence-corrected chi connectivity index (χ2v) is 4.99. The van der Waals surface area contributed by atoms with E-state index in [0.29, 0.717) is 11.0 Å². The molecule has 1 aromatic heterocycles. The average molecular weight is 274 g/mol. The Labute approximate surface area is 118 Å². The van der Waals surface area contributed by atoms with Gasteiger partial charge in [0.15, 0.2) is 5.16 Å². The molecule has 0 aliphatic rings. The molecule has 0 bridgehead atoms. The van der Waals surface area contributed by atoms with Crippen LogP contribution in [0.15, 0.2) is 35.5 Å². The monoisotopic (exact) mass is 274 g/mol. The molecule has 5 heteroatoms. The fraction of sp³-hybridized carbons (Fsp3) is 0.286. The van der Waals surface area contributed by atoms with Crippen molar-refractivity contribution in [2.24, 2.45) is 0 Å². The van der Waals surface area contributed by atoms with Crippen LogP contribution in [0.2, 0.25) is 0 Å². The van der Waals surface area contributed by atoms with E-state index in [0.717, 1.165) is 17.9 Å². The lowest BCUT2D eigenvalue weighted by molar-refractivity contribution is 0.953. The molecule has 0 amide bonds. The number of aromatic nitrogens is 2. The Hall–Kier alpha value is -1.75. The molecule has 0 spiro atoms. The molecule has 0 saturated heterocycles. The van der Waals surface area contributed by atoms with Crippen molar-refractivity contribution >= 4 is 29.1 Å². The maximum absolute atomic E-state index is 5.81. The van der Waals surface area contributed by atoms with E-state index in [4.69, 9.17) is 5.73 Å².